The number of carbonyl (C=O) groups excluding carboxylic acids is 2. The molecule has 0 spiro atoms. The minimum absolute atomic E-state index is 0.178. The molecular formula is C13H18N2O5. The summed E-state index contributed by atoms with van der Waals surface area (Å²) in [5.41, 5.74) is -0.159. The third-order valence-corrected chi connectivity index (χ3v) is 2.50. The lowest BCUT2D eigenvalue weighted by molar-refractivity contribution is -0.143. The van der Waals surface area contributed by atoms with E-state index in [2.05, 4.69) is 4.98 Å². The molecule has 0 saturated carbocycles. The Labute approximate surface area is 116 Å². The fourth-order valence-electron chi connectivity index (χ4n) is 1.58. The number of nitrogens with one attached hydrogen (secondary N) is 1. The lowest BCUT2D eigenvalue weighted by Gasteiger charge is -2.21. The maximum Gasteiger partial charge on any atom is 0.325 e. The molecule has 1 aromatic rings. The van der Waals surface area contributed by atoms with E-state index in [0.29, 0.717) is 0 Å². The van der Waals surface area contributed by atoms with Crippen LogP contribution in [0.2, 0.25) is 0 Å². The SMILES string of the molecule is CCOC(=O)CN(CCOC)C(=O)c1cc[nH]c(=O)c1. The van der Waals surface area contributed by atoms with Crippen molar-refractivity contribution in [2.75, 3.05) is 33.4 Å². The molecule has 0 fully saturated rings. The van der Waals surface area contributed by atoms with Crippen molar-refractivity contribution >= 4 is 11.9 Å². The van der Waals surface area contributed by atoms with Gasteiger partial charge in [-0.05, 0) is 13.0 Å². The van der Waals surface area contributed by atoms with Gasteiger partial charge in [-0.15, -0.1) is 0 Å². The summed E-state index contributed by atoms with van der Waals surface area (Å²) in [5, 5.41) is 0. The van der Waals surface area contributed by atoms with E-state index in [9.17, 15) is 14.4 Å². The van der Waals surface area contributed by atoms with Crippen LogP contribution < -0.4 is 5.56 Å². The molecule has 0 bridgehead atoms. The van der Waals surface area contributed by atoms with E-state index in [1.54, 1.807) is 6.92 Å². The van der Waals surface area contributed by atoms with E-state index < -0.39 is 11.9 Å². The lowest BCUT2D eigenvalue weighted by atomic mass is 10.2. The second kappa shape index (κ2) is 8.11. The van der Waals surface area contributed by atoms with Gasteiger partial charge in [-0.3, -0.25) is 14.4 Å². The van der Waals surface area contributed by atoms with Crippen molar-refractivity contribution < 1.29 is 19.1 Å². The van der Waals surface area contributed by atoms with Gasteiger partial charge in [0.05, 0.1) is 13.2 Å². The van der Waals surface area contributed by atoms with Gasteiger partial charge in [0.25, 0.3) is 5.91 Å². The highest BCUT2D eigenvalue weighted by atomic mass is 16.5. The number of hydrogen-bond acceptors (Lipinski definition) is 5. The summed E-state index contributed by atoms with van der Waals surface area (Å²) in [4.78, 5) is 38.7. The molecule has 1 amide bonds. The van der Waals surface area contributed by atoms with Crippen molar-refractivity contribution in [3.8, 4) is 0 Å². The van der Waals surface area contributed by atoms with Gasteiger partial charge in [0, 0.05) is 31.5 Å². The molecule has 7 nitrogen and oxygen atoms in total. The normalized spacial score (nSPS) is 10.1. The van der Waals surface area contributed by atoms with Crippen LogP contribution in [0.25, 0.3) is 0 Å². The largest absolute Gasteiger partial charge is 0.465 e. The van der Waals surface area contributed by atoms with Crippen molar-refractivity contribution in [1.29, 1.82) is 0 Å². The first kappa shape index (κ1) is 15.9. The van der Waals surface area contributed by atoms with E-state index in [-0.39, 0.29) is 37.4 Å². The number of nitrogens with zero attached hydrogens (tertiary/aromatic N) is 1. The van der Waals surface area contributed by atoms with Gasteiger partial charge in [-0.2, -0.15) is 0 Å². The highest BCUT2D eigenvalue weighted by Crippen LogP contribution is 2.02. The number of H-pyrrole nitrogens is 1. The summed E-state index contributed by atoms with van der Waals surface area (Å²) in [5.74, 6) is -0.914. The number of methoxy groups -OCH3 is 1. The Morgan fingerprint density at radius 2 is 2.15 bits per heavy atom. The molecule has 20 heavy (non-hydrogen) atoms. The number of hydrogen-bond donors (Lipinski definition) is 1. The van der Waals surface area contributed by atoms with Crippen LogP contribution in [0.4, 0.5) is 0 Å². The van der Waals surface area contributed by atoms with Gasteiger partial charge < -0.3 is 19.4 Å². The number of rotatable bonds is 7. The summed E-state index contributed by atoms with van der Waals surface area (Å²) in [7, 11) is 1.50. The van der Waals surface area contributed by atoms with Gasteiger partial charge in [-0.1, -0.05) is 0 Å². The number of amides is 1. The van der Waals surface area contributed by atoms with Crippen LogP contribution in [-0.2, 0) is 14.3 Å². The quantitative estimate of drug-likeness (QED) is 0.713. The van der Waals surface area contributed by atoms with Gasteiger partial charge in [-0.25, -0.2) is 0 Å². The van der Waals surface area contributed by atoms with E-state index in [4.69, 9.17) is 9.47 Å². The van der Waals surface area contributed by atoms with E-state index in [0.717, 1.165) is 0 Å². The van der Waals surface area contributed by atoms with E-state index >= 15 is 0 Å². The van der Waals surface area contributed by atoms with Crippen LogP contribution in [0.15, 0.2) is 23.1 Å². The number of esters is 1. The molecule has 1 rings (SSSR count). The first-order valence-electron chi connectivity index (χ1n) is 6.21. The van der Waals surface area contributed by atoms with E-state index in [1.165, 1.54) is 30.3 Å². The zero-order valence-corrected chi connectivity index (χ0v) is 11.5. The van der Waals surface area contributed by atoms with Crippen LogP contribution in [-0.4, -0.2) is 55.2 Å². The molecule has 1 aromatic heterocycles. The lowest BCUT2D eigenvalue weighted by Crippen LogP contribution is -2.39. The molecule has 0 aliphatic rings. The fourth-order valence-corrected chi connectivity index (χ4v) is 1.58. The van der Waals surface area contributed by atoms with Crippen molar-refractivity contribution in [3.63, 3.8) is 0 Å². The highest BCUT2D eigenvalue weighted by molar-refractivity contribution is 5.95. The number of pyridine rings is 1. The van der Waals surface area contributed by atoms with Crippen LogP contribution in [0.5, 0.6) is 0 Å². The summed E-state index contributed by atoms with van der Waals surface area (Å²) in [6.07, 6.45) is 1.38. The molecule has 0 atom stereocenters. The molecule has 0 aliphatic carbocycles. The average Bonchev–Trinajstić information content (AvgIpc) is 2.43. The van der Waals surface area contributed by atoms with Crippen molar-refractivity contribution in [3.05, 3.63) is 34.2 Å². The molecule has 0 aromatic carbocycles. The zero-order chi connectivity index (χ0) is 15.0. The molecule has 1 N–H and O–H groups in total. The first-order valence-corrected chi connectivity index (χ1v) is 6.21. The Hall–Kier alpha value is -2.15. The topological polar surface area (TPSA) is 88.7 Å². The fraction of sp³-hybridized carbons (Fsp3) is 0.462. The zero-order valence-electron chi connectivity index (χ0n) is 11.5. The third-order valence-electron chi connectivity index (χ3n) is 2.50. The predicted molar refractivity (Wildman–Crippen MR) is 71.5 cm³/mol. The Kier molecular flexibility index (Phi) is 6.45. The van der Waals surface area contributed by atoms with Crippen LogP contribution in [0, 0.1) is 0 Å². The van der Waals surface area contributed by atoms with Crippen molar-refractivity contribution in [2.45, 2.75) is 6.92 Å². The molecule has 110 valence electrons. The Bertz CT molecular complexity index is 511. The summed E-state index contributed by atoms with van der Waals surface area (Å²) < 4.78 is 9.73. The minimum atomic E-state index is -0.498. The maximum absolute atomic E-state index is 12.3. The number of carbonyl (C=O) groups is 2. The smallest absolute Gasteiger partial charge is 0.325 e. The minimum Gasteiger partial charge on any atom is -0.465 e. The first-order chi connectivity index (χ1) is 9.58. The molecule has 1 heterocycles. The number of aromatic amines is 1. The van der Waals surface area contributed by atoms with Gasteiger partial charge in [0.15, 0.2) is 0 Å². The Balaban J connectivity index is 2.83. The summed E-state index contributed by atoms with van der Waals surface area (Å²) >= 11 is 0. The summed E-state index contributed by atoms with van der Waals surface area (Å²) in [6, 6.07) is 2.67. The molecule has 0 radical (unpaired) electrons. The van der Waals surface area contributed by atoms with Gasteiger partial charge in [0.1, 0.15) is 6.54 Å². The Morgan fingerprint density at radius 1 is 1.40 bits per heavy atom. The average molecular weight is 282 g/mol. The summed E-state index contributed by atoms with van der Waals surface area (Å²) in [6.45, 7) is 2.28. The van der Waals surface area contributed by atoms with E-state index in [1.807, 2.05) is 0 Å². The van der Waals surface area contributed by atoms with Crippen LogP contribution in [0.1, 0.15) is 17.3 Å². The second-order valence-electron chi connectivity index (χ2n) is 3.97. The van der Waals surface area contributed by atoms with Gasteiger partial charge >= 0.3 is 5.97 Å². The maximum atomic E-state index is 12.3. The van der Waals surface area contributed by atoms with Crippen molar-refractivity contribution in [2.24, 2.45) is 0 Å². The molecule has 0 unspecified atom stereocenters. The predicted octanol–water partition coefficient (Wildman–Crippen LogP) is 0.0266. The third kappa shape index (κ3) is 4.85. The van der Waals surface area contributed by atoms with Crippen LogP contribution in [0.3, 0.4) is 0 Å². The molecular weight excluding hydrogens is 264 g/mol. The van der Waals surface area contributed by atoms with Gasteiger partial charge in [0.2, 0.25) is 5.56 Å². The molecule has 7 heteroatoms. The molecule has 0 aliphatic heterocycles. The standard InChI is InChI=1S/C13H18N2O5/c1-3-20-12(17)9-15(6-7-19-2)13(18)10-4-5-14-11(16)8-10/h4-5,8H,3,6-7,9H2,1-2H3,(H,14,16). The molecule has 0 saturated heterocycles. The second-order valence-corrected chi connectivity index (χ2v) is 3.97. The monoisotopic (exact) mass is 282 g/mol. The number of aromatic nitrogens is 1. The number of ether oxygens (including phenoxy) is 2. The van der Waals surface area contributed by atoms with Crippen molar-refractivity contribution in [1.82, 2.24) is 9.88 Å². The Morgan fingerprint density at radius 3 is 2.75 bits per heavy atom. The van der Waals surface area contributed by atoms with Crippen LogP contribution >= 0.6 is 0 Å². The highest BCUT2D eigenvalue weighted by Gasteiger charge is 2.19.